The Balaban J connectivity index is 1.24. The SMILES string of the molecule is COc1cc2nc(N(C)CC3(c4ccccc4)CCN(Cc4cc5c(cc4C)OCO5)CC3)nc(N)c2cc1OC. The number of piperidine rings is 1. The van der Waals surface area contributed by atoms with Crippen LogP contribution in [0.4, 0.5) is 11.8 Å². The number of likely N-dealkylation sites (tertiary alicyclic amines) is 1. The summed E-state index contributed by atoms with van der Waals surface area (Å²) in [6, 6.07) is 18.7. The molecule has 41 heavy (non-hydrogen) atoms. The van der Waals surface area contributed by atoms with Crippen LogP contribution < -0.4 is 29.6 Å². The van der Waals surface area contributed by atoms with Crippen molar-refractivity contribution in [3.05, 3.63) is 71.3 Å². The largest absolute Gasteiger partial charge is 0.493 e. The highest BCUT2D eigenvalue weighted by molar-refractivity contribution is 5.91. The van der Waals surface area contributed by atoms with E-state index < -0.39 is 0 Å². The molecule has 0 atom stereocenters. The number of ether oxygens (including phenoxy) is 4. The summed E-state index contributed by atoms with van der Waals surface area (Å²) in [4.78, 5) is 14.3. The summed E-state index contributed by atoms with van der Waals surface area (Å²) < 4.78 is 22.1. The second-order valence-electron chi connectivity index (χ2n) is 11.0. The van der Waals surface area contributed by atoms with Crippen LogP contribution in [0.2, 0.25) is 0 Å². The van der Waals surface area contributed by atoms with Gasteiger partial charge in [-0.2, -0.15) is 4.98 Å². The van der Waals surface area contributed by atoms with Crippen molar-refractivity contribution in [3.8, 4) is 23.0 Å². The van der Waals surface area contributed by atoms with Gasteiger partial charge in [-0.05, 0) is 67.7 Å². The van der Waals surface area contributed by atoms with E-state index in [-0.39, 0.29) is 5.41 Å². The lowest BCUT2D eigenvalue weighted by Crippen LogP contribution is -2.48. The zero-order valence-corrected chi connectivity index (χ0v) is 24.1. The van der Waals surface area contributed by atoms with Gasteiger partial charge in [-0.1, -0.05) is 30.3 Å². The van der Waals surface area contributed by atoms with Gasteiger partial charge >= 0.3 is 0 Å². The van der Waals surface area contributed by atoms with Crippen molar-refractivity contribution < 1.29 is 18.9 Å². The van der Waals surface area contributed by atoms with Gasteiger partial charge in [0.05, 0.1) is 19.7 Å². The Kier molecular flexibility index (Phi) is 7.21. The van der Waals surface area contributed by atoms with Crippen LogP contribution >= 0.6 is 0 Å². The first-order valence-electron chi connectivity index (χ1n) is 14.0. The van der Waals surface area contributed by atoms with Crippen LogP contribution in [0.3, 0.4) is 0 Å². The van der Waals surface area contributed by atoms with E-state index >= 15 is 0 Å². The van der Waals surface area contributed by atoms with E-state index in [2.05, 4.69) is 66.2 Å². The molecule has 1 saturated heterocycles. The van der Waals surface area contributed by atoms with Crippen LogP contribution in [-0.4, -0.2) is 62.6 Å². The van der Waals surface area contributed by atoms with Gasteiger partial charge < -0.3 is 29.6 Å². The third-order valence-corrected chi connectivity index (χ3v) is 8.52. The number of hydrogen-bond donors (Lipinski definition) is 1. The average molecular weight is 556 g/mol. The number of aryl methyl sites for hydroxylation is 1. The Hall–Kier alpha value is -4.24. The minimum Gasteiger partial charge on any atom is -0.493 e. The zero-order valence-electron chi connectivity index (χ0n) is 24.1. The van der Waals surface area contributed by atoms with Crippen LogP contribution in [0.25, 0.3) is 10.9 Å². The Bertz CT molecular complexity index is 1550. The maximum absolute atomic E-state index is 6.43. The fourth-order valence-electron chi connectivity index (χ4n) is 6.13. The van der Waals surface area contributed by atoms with Gasteiger partial charge in [-0.3, -0.25) is 4.90 Å². The molecule has 0 spiro atoms. The number of rotatable bonds is 8. The molecule has 2 aliphatic heterocycles. The maximum Gasteiger partial charge on any atom is 0.231 e. The molecule has 0 bridgehead atoms. The van der Waals surface area contributed by atoms with Crippen LogP contribution in [0.1, 0.15) is 29.5 Å². The highest BCUT2D eigenvalue weighted by atomic mass is 16.7. The normalized spacial score (nSPS) is 16.1. The smallest absolute Gasteiger partial charge is 0.231 e. The highest BCUT2D eigenvalue weighted by Gasteiger charge is 2.38. The summed E-state index contributed by atoms with van der Waals surface area (Å²) in [6.07, 6.45) is 2.03. The second-order valence-corrected chi connectivity index (χ2v) is 11.0. The van der Waals surface area contributed by atoms with Gasteiger partial charge in [0.15, 0.2) is 23.0 Å². The van der Waals surface area contributed by atoms with E-state index in [1.807, 2.05) is 12.1 Å². The first-order chi connectivity index (χ1) is 19.9. The Morgan fingerprint density at radius 2 is 1.63 bits per heavy atom. The number of likely N-dealkylation sites (N-methyl/N-ethyl adjacent to an activating group) is 1. The number of hydrogen-bond acceptors (Lipinski definition) is 9. The lowest BCUT2D eigenvalue weighted by Gasteiger charge is -2.44. The summed E-state index contributed by atoms with van der Waals surface area (Å²) >= 11 is 0. The molecule has 0 amide bonds. The van der Waals surface area contributed by atoms with E-state index in [1.54, 1.807) is 14.2 Å². The quantitative estimate of drug-likeness (QED) is 0.324. The topological polar surface area (TPSA) is 95.2 Å². The molecule has 214 valence electrons. The van der Waals surface area contributed by atoms with Crippen molar-refractivity contribution in [2.24, 2.45) is 0 Å². The lowest BCUT2D eigenvalue weighted by atomic mass is 9.72. The Labute approximate surface area is 240 Å². The number of nitrogen functional groups attached to an aromatic ring is 1. The molecular formula is C32H37N5O4. The van der Waals surface area contributed by atoms with Crippen LogP contribution in [0.15, 0.2) is 54.6 Å². The number of aromatic nitrogens is 2. The molecule has 1 aromatic heterocycles. The number of anilines is 2. The van der Waals surface area contributed by atoms with Crippen LogP contribution in [-0.2, 0) is 12.0 Å². The number of nitrogens with zero attached hydrogens (tertiary/aromatic N) is 4. The van der Waals surface area contributed by atoms with Gasteiger partial charge in [-0.15, -0.1) is 0 Å². The van der Waals surface area contributed by atoms with Crippen molar-refractivity contribution >= 4 is 22.7 Å². The van der Waals surface area contributed by atoms with Crippen molar-refractivity contribution in [2.45, 2.75) is 31.7 Å². The highest BCUT2D eigenvalue weighted by Crippen LogP contribution is 2.40. The van der Waals surface area contributed by atoms with E-state index in [4.69, 9.17) is 34.6 Å². The first-order valence-corrected chi connectivity index (χ1v) is 14.0. The predicted molar refractivity (Wildman–Crippen MR) is 160 cm³/mol. The van der Waals surface area contributed by atoms with Crippen molar-refractivity contribution in [2.75, 3.05) is 58.3 Å². The lowest BCUT2D eigenvalue weighted by molar-refractivity contribution is 0.154. The molecule has 6 rings (SSSR count). The Morgan fingerprint density at radius 3 is 2.34 bits per heavy atom. The molecule has 3 aromatic carbocycles. The number of methoxy groups -OCH3 is 2. The third kappa shape index (κ3) is 5.17. The number of nitrogens with two attached hydrogens (primary N) is 1. The third-order valence-electron chi connectivity index (χ3n) is 8.52. The predicted octanol–water partition coefficient (Wildman–Crippen LogP) is 4.94. The number of benzene rings is 3. The standard InChI is InChI=1S/C32H37N5O4/c1-21-14-28-29(41-20-40-28)15-22(21)18-37-12-10-32(11-13-37,23-8-6-5-7-9-23)19-36(2)31-34-25-17-27(39-4)26(38-3)16-24(25)30(33)35-31/h5-9,14-17H,10-13,18-20H2,1-4H3,(H2,33,34,35). The molecule has 3 heterocycles. The van der Waals surface area contributed by atoms with Crippen LogP contribution in [0, 0.1) is 6.92 Å². The molecule has 1 fully saturated rings. The zero-order chi connectivity index (χ0) is 28.6. The fourth-order valence-corrected chi connectivity index (χ4v) is 6.13. The molecule has 0 saturated carbocycles. The van der Waals surface area contributed by atoms with E-state index in [1.165, 1.54) is 16.7 Å². The van der Waals surface area contributed by atoms with Gasteiger partial charge in [0, 0.05) is 37.0 Å². The number of fused-ring (bicyclic) bond motifs is 2. The van der Waals surface area contributed by atoms with E-state index in [0.717, 1.165) is 61.4 Å². The molecular weight excluding hydrogens is 518 g/mol. The molecule has 2 N–H and O–H groups in total. The molecule has 0 aliphatic carbocycles. The Morgan fingerprint density at radius 1 is 0.951 bits per heavy atom. The first kappa shape index (κ1) is 27.0. The summed E-state index contributed by atoms with van der Waals surface area (Å²) in [5, 5.41) is 0.740. The van der Waals surface area contributed by atoms with Crippen molar-refractivity contribution in [3.63, 3.8) is 0 Å². The maximum atomic E-state index is 6.43. The summed E-state index contributed by atoms with van der Waals surface area (Å²) in [6.45, 7) is 6.06. The van der Waals surface area contributed by atoms with Crippen molar-refractivity contribution in [1.29, 1.82) is 0 Å². The summed E-state index contributed by atoms with van der Waals surface area (Å²) in [7, 11) is 5.27. The minimum absolute atomic E-state index is 0.0544. The monoisotopic (exact) mass is 555 g/mol. The van der Waals surface area contributed by atoms with Crippen LogP contribution in [0.5, 0.6) is 23.0 Å². The fraction of sp³-hybridized carbons (Fsp3) is 0.375. The molecule has 0 unspecified atom stereocenters. The minimum atomic E-state index is -0.0544. The van der Waals surface area contributed by atoms with E-state index in [9.17, 15) is 0 Å². The van der Waals surface area contributed by atoms with Gasteiger partial charge in [0.2, 0.25) is 12.7 Å². The average Bonchev–Trinajstić information content (AvgIpc) is 3.45. The molecule has 0 radical (unpaired) electrons. The summed E-state index contributed by atoms with van der Waals surface area (Å²) in [5.41, 5.74) is 10.9. The molecule has 9 nitrogen and oxygen atoms in total. The van der Waals surface area contributed by atoms with Gasteiger partial charge in [0.25, 0.3) is 0 Å². The second kappa shape index (κ2) is 11.0. The molecule has 2 aliphatic rings. The summed E-state index contributed by atoms with van der Waals surface area (Å²) in [5.74, 6) is 3.90. The van der Waals surface area contributed by atoms with Gasteiger partial charge in [0.1, 0.15) is 5.82 Å². The van der Waals surface area contributed by atoms with Crippen molar-refractivity contribution in [1.82, 2.24) is 14.9 Å². The molecule has 4 aromatic rings. The van der Waals surface area contributed by atoms with E-state index in [0.29, 0.717) is 30.1 Å². The van der Waals surface area contributed by atoms with Gasteiger partial charge in [-0.25, -0.2) is 4.98 Å². The molecule has 9 heteroatoms.